The molecule has 0 atom stereocenters. The van der Waals surface area contributed by atoms with E-state index in [-0.39, 0.29) is 5.41 Å². The highest BCUT2D eigenvalue weighted by Gasteiger charge is 2.34. The molecule has 1 N–H and O–H groups in total. The van der Waals surface area contributed by atoms with Crippen LogP contribution in [0.25, 0.3) is 0 Å². The van der Waals surface area contributed by atoms with Crippen LogP contribution >= 0.6 is 0 Å². The molecule has 0 saturated carbocycles. The molecule has 2 aliphatic rings. The number of hydrogen-bond donors (Lipinski definition) is 1. The van der Waals surface area contributed by atoms with Crippen LogP contribution in [0, 0.1) is 0 Å². The van der Waals surface area contributed by atoms with E-state index >= 15 is 0 Å². The number of ether oxygens (including phenoxy) is 2. The molecule has 1 aromatic carbocycles. The molecule has 2 fully saturated rings. The van der Waals surface area contributed by atoms with Gasteiger partial charge in [0.15, 0.2) is 0 Å². The summed E-state index contributed by atoms with van der Waals surface area (Å²) in [5.41, 5.74) is 1.43. The summed E-state index contributed by atoms with van der Waals surface area (Å²) >= 11 is 0. The number of rotatable bonds is 9. The smallest absolute Gasteiger partial charge is 0.125 e. The third-order valence-corrected chi connectivity index (χ3v) is 6.53. The van der Waals surface area contributed by atoms with Crippen molar-refractivity contribution in [1.82, 2.24) is 9.88 Å². The topological polar surface area (TPSA) is 46.6 Å². The lowest BCUT2D eigenvalue weighted by Crippen LogP contribution is -2.40. The van der Waals surface area contributed by atoms with E-state index in [4.69, 9.17) is 9.47 Å². The molecule has 1 aromatic heterocycles. The highest BCUT2D eigenvalue weighted by molar-refractivity contribution is 5.38. The average molecular weight is 410 g/mol. The van der Waals surface area contributed by atoms with Crippen LogP contribution in [0.4, 0.5) is 5.82 Å². The van der Waals surface area contributed by atoms with E-state index in [1.54, 1.807) is 0 Å². The predicted octanol–water partition coefficient (Wildman–Crippen LogP) is 4.50. The number of piperidine rings is 1. The zero-order valence-corrected chi connectivity index (χ0v) is 18.0. The average Bonchev–Trinajstić information content (AvgIpc) is 2.83. The molecule has 2 aromatic rings. The molecule has 30 heavy (non-hydrogen) atoms. The molecule has 0 bridgehead atoms. The lowest BCUT2D eigenvalue weighted by molar-refractivity contribution is 0.0543. The molecule has 2 saturated heterocycles. The zero-order valence-electron chi connectivity index (χ0n) is 18.0. The third-order valence-electron chi connectivity index (χ3n) is 6.53. The van der Waals surface area contributed by atoms with Gasteiger partial charge in [-0.2, -0.15) is 0 Å². The van der Waals surface area contributed by atoms with Crippen LogP contribution in [0.5, 0.6) is 5.75 Å². The molecule has 5 nitrogen and oxygen atoms in total. The summed E-state index contributed by atoms with van der Waals surface area (Å²) in [6.45, 7) is 6.93. The number of aromatic nitrogens is 1. The van der Waals surface area contributed by atoms with E-state index < -0.39 is 0 Å². The van der Waals surface area contributed by atoms with Crippen LogP contribution in [-0.2, 0) is 10.2 Å². The number of anilines is 1. The highest BCUT2D eigenvalue weighted by atomic mass is 16.5. The number of likely N-dealkylation sites (tertiary alicyclic amines) is 1. The van der Waals surface area contributed by atoms with Gasteiger partial charge in [0.2, 0.25) is 0 Å². The van der Waals surface area contributed by atoms with Crippen molar-refractivity contribution in [3.05, 3.63) is 54.2 Å². The Morgan fingerprint density at radius 2 is 1.80 bits per heavy atom. The van der Waals surface area contributed by atoms with E-state index in [0.717, 1.165) is 63.7 Å². The molecule has 3 heterocycles. The standard InChI is InChI=1S/C25H35N3O2/c1-4-15-28(16-5-1)17-6-18-30-23-10-8-22(9-11-23)25(12-19-29-20-13-25)21-27-24-7-2-3-14-26-24/h2-3,7-11,14H,1,4-6,12-13,15-21H2,(H,26,27). The zero-order chi connectivity index (χ0) is 20.5. The molecular weight excluding hydrogens is 374 g/mol. The van der Waals surface area contributed by atoms with Gasteiger partial charge in [-0.25, -0.2) is 4.98 Å². The molecule has 0 radical (unpaired) electrons. The van der Waals surface area contributed by atoms with Crippen LogP contribution in [0.1, 0.15) is 44.1 Å². The Morgan fingerprint density at radius 1 is 1.00 bits per heavy atom. The number of pyridine rings is 1. The second-order valence-corrected chi connectivity index (χ2v) is 8.59. The van der Waals surface area contributed by atoms with Gasteiger partial charge >= 0.3 is 0 Å². The summed E-state index contributed by atoms with van der Waals surface area (Å²) < 4.78 is 11.7. The monoisotopic (exact) mass is 409 g/mol. The van der Waals surface area contributed by atoms with Crippen molar-refractivity contribution in [3.8, 4) is 5.75 Å². The molecule has 5 heteroatoms. The first kappa shape index (κ1) is 21.1. The quantitative estimate of drug-likeness (QED) is 0.618. The minimum atomic E-state index is 0.0720. The SMILES string of the molecule is c1ccc(NCC2(c3ccc(OCCCN4CCCCC4)cc3)CCOCC2)nc1. The number of benzene rings is 1. The maximum Gasteiger partial charge on any atom is 0.125 e. The summed E-state index contributed by atoms with van der Waals surface area (Å²) in [4.78, 5) is 6.98. The van der Waals surface area contributed by atoms with Crippen molar-refractivity contribution < 1.29 is 9.47 Å². The molecule has 0 unspecified atom stereocenters. The molecule has 4 rings (SSSR count). The van der Waals surface area contributed by atoms with Gasteiger partial charge in [0, 0.05) is 37.9 Å². The Labute approximate surface area is 180 Å². The van der Waals surface area contributed by atoms with Gasteiger partial charge < -0.3 is 19.7 Å². The lowest BCUT2D eigenvalue weighted by atomic mass is 9.74. The third kappa shape index (κ3) is 5.73. The van der Waals surface area contributed by atoms with Gasteiger partial charge in [-0.15, -0.1) is 0 Å². The van der Waals surface area contributed by atoms with Crippen molar-refractivity contribution in [2.75, 3.05) is 51.3 Å². The van der Waals surface area contributed by atoms with E-state index in [1.165, 1.54) is 37.9 Å². The number of hydrogen-bond acceptors (Lipinski definition) is 5. The van der Waals surface area contributed by atoms with Crippen LogP contribution in [0.15, 0.2) is 48.7 Å². The first-order valence-corrected chi connectivity index (χ1v) is 11.5. The normalized spacial score (nSPS) is 19.3. The summed E-state index contributed by atoms with van der Waals surface area (Å²) in [5, 5.41) is 3.54. The van der Waals surface area contributed by atoms with Crippen molar-refractivity contribution in [2.24, 2.45) is 0 Å². The first-order valence-electron chi connectivity index (χ1n) is 11.5. The molecule has 2 aliphatic heterocycles. The fourth-order valence-corrected chi connectivity index (χ4v) is 4.62. The summed E-state index contributed by atoms with van der Waals surface area (Å²) in [5.74, 6) is 1.90. The highest BCUT2D eigenvalue weighted by Crippen LogP contribution is 2.36. The lowest BCUT2D eigenvalue weighted by Gasteiger charge is -2.38. The summed E-state index contributed by atoms with van der Waals surface area (Å²) in [6.07, 6.45) is 9.05. The number of nitrogens with one attached hydrogen (secondary N) is 1. The Hall–Kier alpha value is -2.11. The minimum absolute atomic E-state index is 0.0720. The molecule has 0 aliphatic carbocycles. The Kier molecular flexibility index (Phi) is 7.59. The summed E-state index contributed by atoms with van der Waals surface area (Å²) in [6, 6.07) is 14.7. The van der Waals surface area contributed by atoms with Gasteiger partial charge in [0.1, 0.15) is 11.6 Å². The molecule has 162 valence electrons. The van der Waals surface area contributed by atoms with Crippen LogP contribution in [0.3, 0.4) is 0 Å². The van der Waals surface area contributed by atoms with Gasteiger partial charge in [0.05, 0.1) is 6.61 Å². The van der Waals surface area contributed by atoms with Crippen LogP contribution in [-0.4, -0.2) is 55.9 Å². The van der Waals surface area contributed by atoms with Gasteiger partial charge in [-0.1, -0.05) is 24.6 Å². The largest absolute Gasteiger partial charge is 0.494 e. The van der Waals surface area contributed by atoms with E-state index in [0.29, 0.717) is 0 Å². The minimum Gasteiger partial charge on any atom is -0.494 e. The van der Waals surface area contributed by atoms with E-state index in [2.05, 4.69) is 39.5 Å². The van der Waals surface area contributed by atoms with E-state index in [1.807, 2.05) is 24.4 Å². The molecule has 0 spiro atoms. The van der Waals surface area contributed by atoms with Crippen molar-refractivity contribution in [1.29, 1.82) is 0 Å². The molecule has 0 amide bonds. The maximum absolute atomic E-state index is 6.02. The van der Waals surface area contributed by atoms with Crippen molar-refractivity contribution >= 4 is 5.82 Å². The Balaban J connectivity index is 1.31. The van der Waals surface area contributed by atoms with Gasteiger partial charge in [-0.3, -0.25) is 0 Å². The second kappa shape index (κ2) is 10.8. The Bertz CT molecular complexity index is 739. The first-order chi connectivity index (χ1) is 14.8. The second-order valence-electron chi connectivity index (χ2n) is 8.59. The fourth-order valence-electron chi connectivity index (χ4n) is 4.62. The number of nitrogens with zero attached hydrogens (tertiary/aromatic N) is 2. The summed E-state index contributed by atoms with van der Waals surface area (Å²) in [7, 11) is 0. The maximum atomic E-state index is 6.02. The van der Waals surface area contributed by atoms with Crippen molar-refractivity contribution in [3.63, 3.8) is 0 Å². The van der Waals surface area contributed by atoms with Crippen LogP contribution in [0.2, 0.25) is 0 Å². The Morgan fingerprint density at radius 3 is 2.53 bits per heavy atom. The van der Waals surface area contributed by atoms with Crippen LogP contribution < -0.4 is 10.1 Å². The van der Waals surface area contributed by atoms with Crippen molar-refractivity contribution in [2.45, 2.75) is 43.9 Å². The molecular formula is C25H35N3O2. The van der Waals surface area contributed by atoms with Gasteiger partial charge in [0.25, 0.3) is 0 Å². The predicted molar refractivity (Wildman–Crippen MR) is 121 cm³/mol. The van der Waals surface area contributed by atoms with E-state index in [9.17, 15) is 0 Å². The van der Waals surface area contributed by atoms with Gasteiger partial charge in [-0.05, 0) is 75.0 Å². The fraction of sp³-hybridized carbons (Fsp3) is 0.560.